The maximum atomic E-state index is 11.1. The molecule has 0 rings (SSSR count). The van der Waals surface area contributed by atoms with Crippen LogP contribution in [0.3, 0.4) is 0 Å². The Kier molecular flexibility index (Phi) is 15.9. The van der Waals surface area contributed by atoms with Crippen molar-refractivity contribution in [2.45, 2.75) is 118 Å². The van der Waals surface area contributed by atoms with Crippen LogP contribution in [0, 0.1) is 11.3 Å². The van der Waals surface area contributed by atoms with Crippen LogP contribution >= 0.6 is 0 Å². The molecule has 0 N–H and O–H groups in total. The highest BCUT2D eigenvalue weighted by Gasteiger charge is 2.25. The molecule has 0 aliphatic heterocycles. The second-order valence-electron chi connectivity index (χ2n) is 8.69. The summed E-state index contributed by atoms with van der Waals surface area (Å²) >= 11 is 0. The molecule has 1 atom stereocenters. The Morgan fingerprint density at radius 3 is 1.85 bits per heavy atom. The molecule has 0 saturated carbocycles. The van der Waals surface area contributed by atoms with Crippen LogP contribution in [0.2, 0.25) is 0 Å². The predicted octanol–water partition coefficient (Wildman–Crippen LogP) is 7.86. The van der Waals surface area contributed by atoms with Gasteiger partial charge in [0.1, 0.15) is 0 Å². The van der Waals surface area contributed by atoms with E-state index in [9.17, 15) is 4.79 Å². The number of rotatable bonds is 18. The summed E-state index contributed by atoms with van der Waals surface area (Å²) in [6.45, 7) is 13.1. The average molecular weight is 367 g/mol. The smallest absolute Gasteiger partial charge is 0.330 e. The average Bonchev–Trinajstić information content (AvgIpc) is 2.62. The summed E-state index contributed by atoms with van der Waals surface area (Å²) in [4.78, 5) is 11.1. The van der Waals surface area contributed by atoms with Gasteiger partial charge in [0, 0.05) is 6.08 Å². The lowest BCUT2D eigenvalue weighted by Crippen LogP contribution is -2.24. The molecule has 0 aromatic rings. The van der Waals surface area contributed by atoms with E-state index >= 15 is 0 Å². The number of carbonyl (C=O) groups excluding carboxylic acids is 1. The molecule has 26 heavy (non-hydrogen) atoms. The molecule has 0 spiro atoms. The second-order valence-corrected chi connectivity index (χ2v) is 8.69. The van der Waals surface area contributed by atoms with Gasteiger partial charge >= 0.3 is 5.97 Å². The van der Waals surface area contributed by atoms with Crippen LogP contribution in [-0.2, 0) is 9.53 Å². The zero-order valence-electron chi connectivity index (χ0n) is 18.3. The summed E-state index contributed by atoms with van der Waals surface area (Å²) in [5.41, 5.74) is 0.221. The summed E-state index contributed by atoms with van der Waals surface area (Å²) in [6, 6.07) is 0. The van der Waals surface area contributed by atoms with Gasteiger partial charge in [-0.1, -0.05) is 118 Å². The normalized spacial score (nSPS) is 12.8. The first-order valence-corrected chi connectivity index (χ1v) is 11.2. The minimum atomic E-state index is -0.311. The number of esters is 1. The molecule has 0 aromatic carbocycles. The molecule has 0 aromatic heterocycles. The van der Waals surface area contributed by atoms with E-state index in [2.05, 4.69) is 34.3 Å². The van der Waals surface area contributed by atoms with Gasteiger partial charge in [-0.25, -0.2) is 4.79 Å². The molecule has 2 heteroatoms. The third-order valence-electron chi connectivity index (χ3n) is 5.98. The van der Waals surface area contributed by atoms with Crippen LogP contribution in [0.4, 0.5) is 0 Å². The number of unbranched alkanes of at least 4 members (excludes halogenated alkanes) is 11. The molecule has 0 amide bonds. The molecule has 0 aliphatic carbocycles. The van der Waals surface area contributed by atoms with Gasteiger partial charge in [0.2, 0.25) is 0 Å². The van der Waals surface area contributed by atoms with E-state index in [-0.39, 0.29) is 11.4 Å². The van der Waals surface area contributed by atoms with E-state index in [0.717, 1.165) is 6.42 Å². The van der Waals surface area contributed by atoms with E-state index in [0.29, 0.717) is 12.5 Å². The van der Waals surface area contributed by atoms with Gasteiger partial charge in [-0.3, -0.25) is 0 Å². The highest BCUT2D eigenvalue weighted by Crippen LogP contribution is 2.34. The highest BCUT2D eigenvalue weighted by atomic mass is 16.5. The van der Waals surface area contributed by atoms with Crippen molar-refractivity contribution in [1.82, 2.24) is 0 Å². The Bertz CT molecular complexity index is 346. The summed E-state index contributed by atoms with van der Waals surface area (Å²) in [6.07, 6.45) is 20.3. The molecule has 0 saturated heterocycles. The van der Waals surface area contributed by atoms with Crippen LogP contribution in [0.1, 0.15) is 118 Å². The number of hydrogen-bond donors (Lipinski definition) is 0. The number of ether oxygens (including phenoxy) is 1. The number of carbonyl (C=O) groups is 1. The quantitative estimate of drug-likeness (QED) is 0.140. The van der Waals surface area contributed by atoms with Gasteiger partial charge in [-0.2, -0.15) is 0 Å². The Morgan fingerprint density at radius 2 is 1.38 bits per heavy atom. The van der Waals surface area contributed by atoms with Crippen molar-refractivity contribution in [3.63, 3.8) is 0 Å². The lowest BCUT2D eigenvalue weighted by atomic mass is 9.75. The van der Waals surface area contributed by atoms with E-state index < -0.39 is 0 Å². The van der Waals surface area contributed by atoms with E-state index in [1.54, 1.807) is 0 Å². The molecule has 2 nitrogen and oxygen atoms in total. The van der Waals surface area contributed by atoms with Gasteiger partial charge in [0.15, 0.2) is 0 Å². The summed E-state index contributed by atoms with van der Waals surface area (Å²) in [7, 11) is 0. The van der Waals surface area contributed by atoms with Gasteiger partial charge in [0.05, 0.1) is 6.61 Å². The fourth-order valence-corrected chi connectivity index (χ4v) is 3.40. The largest absolute Gasteiger partial charge is 0.463 e. The van der Waals surface area contributed by atoms with Crippen LogP contribution < -0.4 is 0 Å². The van der Waals surface area contributed by atoms with Crippen LogP contribution in [0.5, 0.6) is 0 Å². The van der Waals surface area contributed by atoms with Crippen LogP contribution in [-0.4, -0.2) is 12.6 Å². The lowest BCUT2D eigenvalue weighted by Gasteiger charge is -2.31. The first-order chi connectivity index (χ1) is 12.4. The van der Waals surface area contributed by atoms with Crippen LogP contribution in [0.15, 0.2) is 12.7 Å². The highest BCUT2D eigenvalue weighted by molar-refractivity contribution is 5.81. The Morgan fingerprint density at radius 1 is 0.923 bits per heavy atom. The maximum absolute atomic E-state index is 11.1. The first-order valence-electron chi connectivity index (χ1n) is 11.2. The monoisotopic (exact) mass is 366 g/mol. The molecule has 1 unspecified atom stereocenters. The lowest BCUT2D eigenvalue weighted by molar-refractivity contribution is -0.138. The molecule has 154 valence electrons. The molecular weight excluding hydrogens is 320 g/mol. The topological polar surface area (TPSA) is 26.3 Å². The fourth-order valence-electron chi connectivity index (χ4n) is 3.40. The molecule has 0 fully saturated rings. The van der Waals surface area contributed by atoms with E-state index in [1.165, 1.54) is 89.5 Å². The predicted molar refractivity (Wildman–Crippen MR) is 114 cm³/mol. The van der Waals surface area contributed by atoms with Gasteiger partial charge in [-0.05, 0) is 17.8 Å². The van der Waals surface area contributed by atoms with Crippen LogP contribution in [0.25, 0.3) is 0 Å². The van der Waals surface area contributed by atoms with Gasteiger partial charge < -0.3 is 4.74 Å². The zero-order valence-corrected chi connectivity index (χ0v) is 18.3. The third-order valence-corrected chi connectivity index (χ3v) is 5.98. The SMILES string of the molecule is C=CC(=O)OCCC(C)(C)C(C)CCCCCCCCCCCCCC. The fraction of sp³-hybridized carbons (Fsp3) is 0.875. The summed E-state index contributed by atoms with van der Waals surface area (Å²) in [5, 5.41) is 0. The van der Waals surface area contributed by atoms with E-state index in [1.807, 2.05) is 0 Å². The molecule has 0 aliphatic rings. The van der Waals surface area contributed by atoms with Crippen molar-refractivity contribution in [2.75, 3.05) is 6.61 Å². The molecule has 0 bridgehead atoms. The minimum Gasteiger partial charge on any atom is -0.463 e. The zero-order chi connectivity index (χ0) is 19.7. The molecular formula is C24H46O2. The van der Waals surface area contributed by atoms with Crippen molar-refractivity contribution >= 4 is 5.97 Å². The standard InChI is InChI=1S/C24H46O2/c1-6-8-9-10-11-12-13-14-15-16-17-18-19-22(3)24(4,5)20-21-26-23(25)7-2/h7,22H,2,6,8-21H2,1,3-5H3. The number of hydrogen-bond acceptors (Lipinski definition) is 2. The molecule has 0 heterocycles. The Labute approximate surface area is 164 Å². The van der Waals surface area contributed by atoms with Gasteiger partial charge in [0.25, 0.3) is 0 Å². The van der Waals surface area contributed by atoms with Crippen molar-refractivity contribution in [1.29, 1.82) is 0 Å². The Balaban J connectivity index is 3.53. The van der Waals surface area contributed by atoms with E-state index in [4.69, 9.17) is 4.74 Å². The maximum Gasteiger partial charge on any atom is 0.330 e. The van der Waals surface area contributed by atoms with Crippen molar-refractivity contribution in [2.24, 2.45) is 11.3 Å². The summed E-state index contributed by atoms with van der Waals surface area (Å²) < 4.78 is 5.14. The second kappa shape index (κ2) is 16.4. The van der Waals surface area contributed by atoms with Crippen molar-refractivity contribution < 1.29 is 9.53 Å². The van der Waals surface area contributed by atoms with Crippen molar-refractivity contribution in [3.8, 4) is 0 Å². The summed E-state index contributed by atoms with van der Waals surface area (Å²) in [5.74, 6) is 0.350. The van der Waals surface area contributed by atoms with Crippen molar-refractivity contribution in [3.05, 3.63) is 12.7 Å². The Hall–Kier alpha value is -0.790. The molecule has 0 radical (unpaired) electrons. The van der Waals surface area contributed by atoms with Gasteiger partial charge in [-0.15, -0.1) is 0 Å². The third kappa shape index (κ3) is 14.4. The first kappa shape index (κ1) is 25.2. The minimum absolute atomic E-state index is 0.221.